The van der Waals surface area contributed by atoms with Gasteiger partial charge in [0.1, 0.15) is 5.60 Å². The Bertz CT molecular complexity index is 941. The van der Waals surface area contributed by atoms with Gasteiger partial charge in [-0.2, -0.15) is 0 Å². The van der Waals surface area contributed by atoms with Gasteiger partial charge in [0.25, 0.3) is 0 Å². The number of hydrogen-bond donors (Lipinski definition) is 1. The molecule has 0 fully saturated rings. The summed E-state index contributed by atoms with van der Waals surface area (Å²) in [5, 5.41) is 1.08. The van der Waals surface area contributed by atoms with E-state index < -0.39 is 20.0 Å². The third-order valence-electron chi connectivity index (χ3n) is 6.01. The fraction of sp³-hybridized carbons (Fsp3) is 0.565. The molecule has 0 bridgehead atoms. The van der Waals surface area contributed by atoms with Gasteiger partial charge in [0.2, 0.25) is 5.88 Å². The summed E-state index contributed by atoms with van der Waals surface area (Å²) in [6.07, 6.45) is -0.257. The monoisotopic (exact) mass is 510 g/mol. The molecule has 1 atom stereocenters. The van der Waals surface area contributed by atoms with Gasteiger partial charge in [0, 0.05) is 28.5 Å². The van der Waals surface area contributed by atoms with E-state index in [0.29, 0.717) is 18.9 Å². The van der Waals surface area contributed by atoms with Crippen LogP contribution in [0, 0.1) is 0 Å². The Morgan fingerprint density at radius 1 is 1.16 bits per heavy atom. The van der Waals surface area contributed by atoms with Crippen molar-refractivity contribution in [2.45, 2.75) is 70.7 Å². The number of pyridine rings is 1. The molecule has 0 radical (unpaired) electrons. The molecule has 1 amide bonds. The number of amides is 1. The van der Waals surface area contributed by atoms with Gasteiger partial charge < -0.3 is 19.6 Å². The molecule has 8 heteroatoms. The lowest BCUT2D eigenvalue weighted by Crippen LogP contribution is -2.42. The molecule has 0 aliphatic heterocycles. The minimum Gasteiger partial charge on any atom is -0.481 e. The van der Waals surface area contributed by atoms with Crippen LogP contribution in [0.3, 0.4) is 0 Å². The minimum atomic E-state index is -2.00. The third-order valence-corrected chi connectivity index (χ3v) is 11.2. The van der Waals surface area contributed by atoms with Crippen molar-refractivity contribution >= 4 is 41.2 Å². The summed E-state index contributed by atoms with van der Waals surface area (Å²) in [5.74, 6) is 0.463. The smallest absolute Gasteiger partial charge is 0.405 e. The molecule has 0 aliphatic rings. The van der Waals surface area contributed by atoms with Crippen LogP contribution < -0.4 is 10.5 Å². The zero-order chi connectivity index (χ0) is 23.6. The average Bonchev–Trinajstić information content (AvgIpc) is 2.62. The van der Waals surface area contributed by atoms with Crippen LogP contribution in [0.5, 0.6) is 5.88 Å². The predicted octanol–water partition coefficient (Wildman–Crippen LogP) is 6.38. The van der Waals surface area contributed by atoms with Gasteiger partial charge in [-0.25, -0.2) is 9.78 Å². The first-order valence-electron chi connectivity index (χ1n) is 10.4. The normalized spacial score (nSPS) is 13.8. The van der Waals surface area contributed by atoms with E-state index in [2.05, 4.69) is 49.8 Å². The van der Waals surface area contributed by atoms with E-state index in [1.54, 1.807) is 7.11 Å². The van der Waals surface area contributed by atoms with Gasteiger partial charge in [-0.3, -0.25) is 0 Å². The molecule has 172 valence electrons. The number of carbonyl (C=O) groups is 1. The first-order chi connectivity index (χ1) is 14.2. The fourth-order valence-electron chi connectivity index (χ4n) is 3.35. The average molecular weight is 512 g/mol. The molecule has 6 nitrogen and oxygen atoms in total. The van der Waals surface area contributed by atoms with E-state index in [-0.39, 0.29) is 11.0 Å². The summed E-state index contributed by atoms with van der Waals surface area (Å²) >= 11 is 3.73. The zero-order valence-corrected chi connectivity index (χ0v) is 22.4. The molecule has 1 unspecified atom stereocenters. The fourth-order valence-corrected chi connectivity index (χ4v) is 5.04. The van der Waals surface area contributed by atoms with E-state index in [4.69, 9.17) is 24.6 Å². The number of carbonyl (C=O) groups excluding carboxylic acids is 1. The molecular weight excluding hydrogens is 476 g/mol. The summed E-state index contributed by atoms with van der Waals surface area (Å²) in [5.41, 5.74) is 6.41. The highest BCUT2D eigenvalue weighted by Crippen LogP contribution is 2.41. The summed E-state index contributed by atoms with van der Waals surface area (Å²) < 4.78 is 18.3. The summed E-state index contributed by atoms with van der Waals surface area (Å²) in [7, 11) is -0.399. The molecule has 0 spiro atoms. The Kier molecular flexibility index (Phi) is 7.82. The SMILES string of the molecule is COc1ccc2ccc(Br)c(C(CO[Si](C)(C)C(C)(C)C)CC(C)(C)OC(N)=O)c2n1. The Morgan fingerprint density at radius 3 is 2.32 bits per heavy atom. The third kappa shape index (κ3) is 6.43. The molecule has 2 N–H and O–H groups in total. The number of nitrogens with two attached hydrogens (primary N) is 1. The van der Waals surface area contributed by atoms with Crippen molar-refractivity contribution in [1.82, 2.24) is 4.98 Å². The van der Waals surface area contributed by atoms with Crippen molar-refractivity contribution in [1.29, 1.82) is 0 Å². The van der Waals surface area contributed by atoms with Crippen LogP contribution in [0.4, 0.5) is 4.79 Å². The van der Waals surface area contributed by atoms with Crippen molar-refractivity contribution in [2.75, 3.05) is 13.7 Å². The number of rotatable bonds is 8. The van der Waals surface area contributed by atoms with Crippen molar-refractivity contribution in [3.63, 3.8) is 0 Å². The number of ether oxygens (including phenoxy) is 2. The lowest BCUT2D eigenvalue weighted by molar-refractivity contribution is 0.0291. The van der Waals surface area contributed by atoms with E-state index in [0.717, 1.165) is 20.9 Å². The second kappa shape index (κ2) is 9.46. The lowest BCUT2D eigenvalue weighted by atomic mass is 9.87. The first-order valence-corrected chi connectivity index (χ1v) is 14.1. The van der Waals surface area contributed by atoms with Crippen LogP contribution in [0.1, 0.15) is 52.5 Å². The zero-order valence-electron chi connectivity index (χ0n) is 19.8. The molecule has 0 saturated carbocycles. The summed E-state index contributed by atoms with van der Waals surface area (Å²) in [6.45, 7) is 15.3. The van der Waals surface area contributed by atoms with Crippen LogP contribution in [-0.2, 0) is 9.16 Å². The highest BCUT2D eigenvalue weighted by Gasteiger charge is 2.39. The molecule has 2 aromatic rings. The molecule has 0 saturated heterocycles. The molecule has 1 heterocycles. The van der Waals surface area contributed by atoms with Crippen LogP contribution in [0.25, 0.3) is 10.9 Å². The van der Waals surface area contributed by atoms with Crippen molar-refractivity contribution in [3.8, 4) is 5.88 Å². The molecule has 1 aromatic carbocycles. The first kappa shape index (κ1) is 25.6. The maximum absolute atomic E-state index is 11.5. The van der Waals surface area contributed by atoms with E-state index in [9.17, 15) is 4.79 Å². The number of halogens is 1. The van der Waals surface area contributed by atoms with Crippen LogP contribution in [0.15, 0.2) is 28.7 Å². The molecule has 1 aromatic heterocycles. The highest BCUT2D eigenvalue weighted by atomic mass is 79.9. The van der Waals surface area contributed by atoms with Gasteiger partial charge in [0.05, 0.1) is 12.6 Å². The molecule has 0 aliphatic carbocycles. The Morgan fingerprint density at radius 2 is 1.77 bits per heavy atom. The van der Waals surface area contributed by atoms with Crippen LogP contribution in [0.2, 0.25) is 18.1 Å². The summed E-state index contributed by atoms with van der Waals surface area (Å²) in [6, 6.07) is 7.88. The number of benzene rings is 1. The maximum Gasteiger partial charge on any atom is 0.405 e. The molecular formula is C23H35BrN2O4Si. The number of nitrogens with zero attached hydrogens (tertiary/aromatic N) is 1. The number of aromatic nitrogens is 1. The van der Waals surface area contributed by atoms with Gasteiger partial charge in [-0.1, -0.05) is 42.8 Å². The van der Waals surface area contributed by atoms with Crippen LogP contribution in [-0.4, -0.2) is 38.7 Å². The Labute approximate surface area is 195 Å². The van der Waals surface area contributed by atoms with Crippen molar-refractivity contribution < 1.29 is 18.7 Å². The van der Waals surface area contributed by atoms with Gasteiger partial charge in [-0.15, -0.1) is 0 Å². The lowest BCUT2D eigenvalue weighted by Gasteiger charge is -2.38. The second-order valence-corrected chi connectivity index (χ2v) is 15.7. The summed E-state index contributed by atoms with van der Waals surface area (Å²) in [4.78, 5) is 16.2. The van der Waals surface area contributed by atoms with Crippen LogP contribution >= 0.6 is 15.9 Å². The predicted molar refractivity (Wildman–Crippen MR) is 131 cm³/mol. The maximum atomic E-state index is 11.5. The Hall–Kier alpha value is -1.64. The number of hydrogen-bond acceptors (Lipinski definition) is 5. The standard InChI is InChI=1S/C23H35BrN2O4Si/c1-22(2,3)31(7,8)29-14-16(13-23(4,5)30-21(25)27)19-17(24)11-9-15-10-12-18(28-6)26-20(15)19/h9-12,16H,13-14H2,1-8H3,(H2,25,27). The van der Waals surface area contributed by atoms with Gasteiger partial charge in [-0.05, 0) is 56.1 Å². The minimum absolute atomic E-state index is 0.0776. The number of fused-ring (bicyclic) bond motifs is 1. The Balaban J connectivity index is 2.56. The second-order valence-electron chi connectivity index (χ2n) is 10.0. The van der Waals surface area contributed by atoms with Crippen molar-refractivity contribution in [3.05, 3.63) is 34.3 Å². The van der Waals surface area contributed by atoms with E-state index in [1.165, 1.54) is 0 Å². The largest absolute Gasteiger partial charge is 0.481 e. The number of methoxy groups -OCH3 is 1. The molecule has 31 heavy (non-hydrogen) atoms. The quantitative estimate of drug-likeness (QED) is 0.416. The van der Waals surface area contributed by atoms with Gasteiger partial charge in [0.15, 0.2) is 8.32 Å². The topological polar surface area (TPSA) is 83.7 Å². The van der Waals surface area contributed by atoms with Gasteiger partial charge >= 0.3 is 6.09 Å². The van der Waals surface area contributed by atoms with E-state index >= 15 is 0 Å². The van der Waals surface area contributed by atoms with E-state index in [1.807, 2.05) is 38.1 Å². The highest BCUT2D eigenvalue weighted by molar-refractivity contribution is 9.10. The number of primary amides is 1. The van der Waals surface area contributed by atoms with Crippen molar-refractivity contribution in [2.24, 2.45) is 5.73 Å². The molecule has 2 rings (SSSR count).